The number of ether oxygens (including phenoxy) is 1. The van der Waals surface area contributed by atoms with Gasteiger partial charge in [0.25, 0.3) is 11.6 Å². The lowest BCUT2D eigenvalue weighted by molar-refractivity contribution is -0.385. The highest BCUT2D eigenvalue weighted by atomic mass is 35.5. The second-order valence-corrected chi connectivity index (χ2v) is 9.29. The third-order valence-corrected chi connectivity index (χ3v) is 6.35. The summed E-state index contributed by atoms with van der Waals surface area (Å²) in [4.78, 5) is 39.2. The lowest BCUT2D eigenvalue weighted by Crippen LogP contribution is -2.23. The summed E-state index contributed by atoms with van der Waals surface area (Å²) >= 11 is 6.78. The molecule has 32 heavy (non-hydrogen) atoms. The number of benzene rings is 2. The molecule has 0 fully saturated rings. The maximum absolute atomic E-state index is 12.8. The first-order valence-corrected chi connectivity index (χ1v) is 11.6. The zero-order valence-corrected chi connectivity index (χ0v) is 18.7. The molecule has 1 amide bonds. The van der Waals surface area contributed by atoms with Gasteiger partial charge in [0.05, 0.1) is 26.6 Å². The quantitative estimate of drug-likeness (QED) is 0.309. The van der Waals surface area contributed by atoms with Gasteiger partial charge in [-0.3, -0.25) is 19.7 Å². The first kappa shape index (κ1) is 23.5. The topological polar surface area (TPSA) is 164 Å². The molecular formula is C18H15ClN4O7S2. The molecule has 3 aromatic rings. The average molecular weight is 499 g/mol. The number of aromatic nitrogens is 1. The molecule has 2 aromatic carbocycles. The van der Waals surface area contributed by atoms with Crippen LogP contribution in [0.1, 0.15) is 17.3 Å². The van der Waals surface area contributed by atoms with Crippen molar-refractivity contribution in [2.45, 2.75) is 18.4 Å². The lowest BCUT2D eigenvalue weighted by Gasteiger charge is -2.05. The molecule has 14 heteroatoms. The van der Waals surface area contributed by atoms with E-state index < -0.39 is 32.5 Å². The second kappa shape index (κ2) is 9.16. The first-order chi connectivity index (χ1) is 15.0. The fourth-order valence-electron chi connectivity index (χ4n) is 2.79. The molecule has 0 aliphatic rings. The minimum absolute atomic E-state index is 0.00102. The fourth-order valence-corrected chi connectivity index (χ4v) is 4.64. The second-order valence-electron chi connectivity index (χ2n) is 6.29. The van der Waals surface area contributed by atoms with Crippen LogP contribution in [0, 0.1) is 10.1 Å². The van der Waals surface area contributed by atoms with E-state index in [2.05, 4.69) is 4.99 Å². The molecule has 0 unspecified atom stereocenters. The monoisotopic (exact) mass is 498 g/mol. The maximum atomic E-state index is 12.8. The van der Waals surface area contributed by atoms with Gasteiger partial charge >= 0.3 is 5.97 Å². The zero-order valence-electron chi connectivity index (χ0n) is 16.3. The van der Waals surface area contributed by atoms with E-state index in [-0.39, 0.29) is 33.4 Å². The Bertz CT molecular complexity index is 1430. The SMILES string of the molecule is CCOC(=O)Cn1c(=NC(=O)c2cc(Cl)ccc2[N+](=O)[O-])sc2cc(S(N)(=O)=O)ccc21. The normalized spacial score (nSPS) is 12.2. The highest BCUT2D eigenvalue weighted by Gasteiger charge is 2.21. The third kappa shape index (κ3) is 5.02. The molecule has 0 radical (unpaired) electrons. The van der Waals surface area contributed by atoms with Crippen LogP contribution < -0.4 is 9.94 Å². The van der Waals surface area contributed by atoms with Crippen LogP contribution in [0.2, 0.25) is 5.02 Å². The van der Waals surface area contributed by atoms with E-state index >= 15 is 0 Å². The molecule has 1 heterocycles. The van der Waals surface area contributed by atoms with Crippen molar-refractivity contribution in [2.24, 2.45) is 10.1 Å². The van der Waals surface area contributed by atoms with Crippen LogP contribution in [-0.2, 0) is 26.1 Å². The molecule has 0 saturated carbocycles. The minimum Gasteiger partial charge on any atom is -0.465 e. The van der Waals surface area contributed by atoms with E-state index in [0.29, 0.717) is 10.2 Å². The Morgan fingerprint density at radius 2 is 2.00 bits per heavy atom. The summed E-state index contributed by atoms with van der Waals surface area (Å²) < 4.78 is 30.0. The van der Waals surface area contributed by atoms with Crippen LogP contribution in [0.4, 0.5) is 5.69 Å². The van der Waals surface area contributed by atoms with E-state index in [4.69, 9.17) is 21.5 Å². The number of fused-ring (bicyclic) bond motifs is 1. The summed E-state index contributed by atoms with van der Waals surface area (Å²) in [5.74, 6) is -1.58. The van der Waals surface area contributed by atoms with Gasteiger partial charge in [-0.1, -0.05) is 22.9 Å². The molecule has 0 aliphatic carbocycles. The van der Waals surface area contributed by atoms with Gasteiger partial charge in [0.15, 0.2) is 4.80 Å². The van der Waals surface area contributed by atoms with Gasteiger partial charge in [-0.05, 0) is 37.3 Å². The Kier molecular flexibility index (Phi) is 6.74. The number of nitro groups is 1. The van der Waals surface area contributed by atoms with E-state index in [0.717, 1.165) is 23.5 Å². The number of sulfonamides is 1. The summed E-state index contributed by atoms with van der Waals surface area (Å²) in [6.45, 7) is 1.42. The maximum Gasteiger partial charge on any atom is 0.326 e. The van der Waals surface area contributed by atoms with Crippen molar-refractivity contribution in [1.82, 2.24) is 4.57 Å². The van der Waals surface area contributed by atoms with E-state index in [9.17, 15) is 28.1 Å². The number of carbonyl (C=O) groups excluding carboxylic acids is 2. The van der Waals surface area contributed by atoms with Gasteiger partial charge < -0.3 is 9.30 Å². The molecule has 0 spiro atoms. The molecule has 168 valence electrons. The largest absolute Gasteiger partial charge is 0.465 e. The summed E-state index contributed by atoms with van der Waals surface area (Å²) in [5.41, 5.74) is -0.437. The van der Waals surface area contributed by atoms with Crippen LogP contribution in [0.25, 0.3) is 10.2 Å². The number of nitro benzene ring substituents is 1. The van der Waals surface area contributed by atoms with Gasteiger partial charge in [0.1, 0.15) is 12.1 Å². The number of nitrogens with zero attached hydrogens (tertiary/aromatic N) is 3. The van der Waals surface area contributed by atoms with Crippen LogP contribution in [0.3, 0.4) is 0 Å². The number of esters is 1. The highest BCUT2D eigenvalue weighted by molar-refractivity contribution is 7.89. The van der Waals surface area contributed by atoms with Crippen LogP contribution in [0.15, 0.2) is 46.3 Å². The Labute approximate surface area is 189 Å². The van der Waals surface area contributed by atoms with Crippen LogP contribution >= 0.6 is 22.9 Å². The number of rotatable bonds is 6. The lowest BCUT2D eigenvalue weighted by atomic mass is 10.2. The summed E-state index contributed by atoms with van der Waals surface area (Å²) in [5, 5.41) is 16.6. The van der Waals surface area contributed by atoms with Crippen molar-refractivity contribution in [3.63, 3.8) is 0 Å². The van der Waals surface area contributed by atoms with Gasteiger partial charge in [0.2, 0.25) is 10.0 Å². The summed E-state index contributed by atoms with van der Waals surface area (Å²) in [6, 6.07) is 7.41. The Hall–Kier alpha value is -3.13. The highest BCUT2D eigenvalue weighted by Crippen LogP contribution is 2.24. The number of halogens is 1. The van der Waals surface area contributed by atoms with Crippen molar-refractivity contribution in [3.05, 3.63) is 61.9 Å². The van der Waals surface area contributed by atoms with Crippen molar-refractivity contribution >= 4 is 60.7 Å². The molecular weight excluding hydrogens is 484 g/mol. The van der Waals surface area contributed by atoms with E-state index in [1.165, 1.54) is 28.8 Å². The number of nitrogens with two attached hydrogens (primary N) is 1. The Morgan fingerprint density at radius 1 is 1.28 bits per heavy atom. The molecule has 0 atom stereocenters. The molecule has 0 saturated heterocycles. The predicted octanol–water partition coefficient (Wildman–Crippen LogP) is 2.22. The zero-order chi connectivity index (χ0) is 23.6. The van der Waals surface area contributed by atoms with Gasteiger partial charge in [-0.15, -0.1) is 0 Å². The van der Waals surface area contributed by atoms with Crippen molar-refractivity contribution in [2.75, 3.05) is 6.61 Å². The average Bonchev–Trinajstić information content (AvgIpc) is 3.03. The first-order valence-electron chi connectivity index (χ1n) is 8.86. The Morgan fingerprint density at radius 3 is 2.62 bits per heavy atom. The minimum atomic E-state index is -4.00. The van der Waals surface area contributed by atoms with Crippen molar-refractivity contribution in [3.8, 4) is 0 Å². The molecule has 2 N–H and O–H groups in total. The van der Waals surface area contributed by atoms with Crippen LogP contribution in [-0.4, -0.2) is 36.4 Å². The number of hydrogen-bond acceptors (Lipinski definition) is 8. The third-order valence-electron chi connectivity index (χ3n) is 4.16. The number of amides is 1. The summed E-state index contributed by atoms with van der Waals surface area (Å²) in [7, 11) is -4.00. The van der Waals surface area contributed by atoms with E-state index in [1.54, 1.807) is 6.92 Å². The van der Waals surface area contributed by atoms with Gasteiger partial charge in [0, 0.05) is 11.1 Å². The predicted molar refractivity (Wildman–Crippen MR) is 116 cm³/mol. The van der Waals surface area contributed by atoms with Crippen LogP contribution in [0.5, 0.6) is 0 Å². The molecule has 1 aromatic heterocycles. The standard InChI is InChI=1S/C18H15ClN4O7S2/c1-2-30-16(24)9-22-14-6-4-11(32(20,28)29)8-15(14)31-18(22)21-17(25)12-7-10(19)3-5-13(12)23(26)27/h3-8H,2,9H2,1H3,(H2,20,28,29). The van der Waals surface area contributed by atoms with Gasteiger partial charge in [-0.25, -0.2) is 13.6 Å². The summed E-state index contributed by atoms with van der Waals surface area (Å²) in [6.07, 6.45) is 0. The van der Waals surface area contributed by atoms with Gasteiger partial charge in [-0.2, -0.15) is 4.99 Å². The van der Waals surface area contributed by atoms with Crippen molar-refractivity contribution < 1.29 is 27.7 Å². The molecule has 3 rings (SSSR count). The smallest absolute Gasteiger partial charge is 0.326 e. The van der Waals surface area contributed by atoms with E-state index in [1.807, 2.05) is 0 Å². The molecule has 0 aliphatic heterocycles. The molecule has 0 bridgehead atoms. The molecule has 11 nitrogen and oxygen atoms in total. The fraction of sp³-hybridized carbons (Fsp3) is 0.167. The van der Waals surface area contributed by atoms with Crippen molar-refractivity contribution in [1.29, 1.82) is 0 Å². The number of thiazole rings is 1. The Balaban J connectivity index is 2.23. The number of primary sulfonamides is 1. The number of hydrogen-bond donors (Lipinski definition) is 1. The number of carbonyl (C=O) groups is 2.